The number of aromatic nitrogens is 2. The van der Waals surface area contributed by atoms with E-state index in [4.69, 9.17) is 5.73 Å². The zero-order valence-corrected chi connectivity index (χ0v) is 10.5. The molecule has 2 rings (SSSR count). The smallest absolute Gasteiger partial charge is 0.254 e. The normalized spacial score (nSPS) is 16.9. The highest BCUT2D eigenvalue weighted by molar-refractivity contribution is 5.95. The van der Waals surface area contributed by atoms with Gasteiger partial charge < -0.3 is 11.1 Å². The zero-order valence-electron chi connectivity index (χ0n) is 10.5. The van der Waals surface area contributed by atoms with Crippen molar-refractivity contribution in [2.45, 2.75) is 26.2 Å². The Kier molecular flexibility index (Phi) is 3.19. The van der Waals surface area contributed by atoms with Crippen molar-refractivity contribution in [3.8, 4) is 0 Å². The third-order valence-corrected chi connectivity index (χ3v) is 3.50. The molecule has 0 aromatic carbocycles. The molecule has 1 aliphatic rings. The van der Waals surface area contributed by atoms with Crippen LogP contribution in [-0.2, 0) is 13.5 Å². The zero-order chi connectivity index (χ0) is 12.5. The Hall–Kier alpha value is -1.36. The number of nitrogens with zero attached hydrogens (tertiary/aromatic N) is 2. The highest BCUT2D eigenvalue weighted by Crippen LogP contribution is 2.43. The van der Waals surface area contributed by atoms with Gasteiger partial charge in [-0.25, -0.2) is 0 Å². The first-order valence-corrected chi connectivity index (χ1v) is 6.11. The molecule has 5 nitrogen and oxygen atoms in total. The summed E-state index contributed by atoms with van der Waals surface area (Å²) in [5, 5.41) is 7.23. The van der Waals surface area contributed by atoms with Gasteiger partial charge in [0.25, 0.3) is 5.91 Å². The Morgan fingerprint density at radius 3 is 2.88 bits per heavy atom. The molecule has 0 atom stereocenters. The molecule has 0 bridgehead atoms. The molecule has 0 saturated heterocycles. The van der Waals surface area contributed by atoms with Gasteiger partial charge in [0.2, 0.25) is 0 Å². The molecule has 1 saturated carbocycles. The fourth-order valence-electron chi connectivity index (χ4n) is 1.98. The Labute approximate surface area is 101 Å². The summed E-state index contributed by atoms with van der Waals surface area (Å²) in [5.74, 6) is -0.0327. The maximum absolute atomic E-state index is 12.0. The third-order valence-electron chi connectivity index (χ3n) is 3.50. The maximum atomic E-state index is 12.0. The van der Waals surface area contributed by atoms with E-state index in [1.165, 1.54) is 0 Å². The van der Waals surface area contributed by atoms with E-state index < -0.39 is 0 Å². The van der Waals surface area contributed by atoms with Gasteiger partial charge in [0.15, 0.2) is 0 Å². The summed E-state index contributed by atoms with van der Waals surface area (Å²) in [4.78, 5) is 12.0. The van der Waals surface area contributed by atoms with Gasteiger partial charge in [-0.1, -0.05) is 6.92 Å². The van der Waals surface area contributed by atoms with E-state index in [2.05, 4.69) is 10.4 Å². The Morgan fingerprint density at radius 2 is 2.35 bits per heavy atom. The van der Waals surface area contributed by atoms with Gasteiger partial charge in [-0.15, -0.1) is 0 Å². The van der Waals surface area contributed by atoms with E-state index >= 15 is 0 Å². The van der Waals surface area contributed by atoms with E-state index in [-0.39, 0.29) is 11.3 Å². The summed E-state index contributed by atoms with van der Waals surface area (Å²) >= 11 is 0. The fraction of sp³-hybridized carbons (Fsp3) is 0.667. The number of aryl methyl sites for hydroxylation is 2. The van der Waals surface area contributed by atoms with Gasteiger partial charge in [-0.3, -0.25) is 9.48 Å². The largest absolute Gasteiger partial charge is 0.351 e. The van der Waals surface area contributed by atoms with Gasteiger partial charge in [0.1, 0.15) is 0 Å². The average Bonchev–Trinajstić information content (AvgIpc) is 3.02. The van der Waals surface area contributed by atoms with Crippen LogP contribution in [0.15, 0.2) is 6.20 Å². The summed E-state index contributed by atoms with van der Waals surface area (Å²) in [6.07, 6.45) is 4.79. The molecule has 3 N–H and O–H groups in total. The van der Waals surface area contributed by atoms with Crippen molar-refractivity contribution in [2.24, 2.45) is 18.2 Å². The molecule has 94 valence electrons. The Balaban J connectivity index is 1.99. The highest BCUT2D eigenvalue weighted by atomic mass is 16.1. The van der Waals surface area contributed by atoms with Crippen LogP contribution in [-0.4, -0.2) is 28.8 Å². The lowest BCUT2D eigenvalue weighted by atomic mass is 10.1. The van der Waals surface area contributed by atoms with Crippen molar-refractivity contribution in [3.63, 3.8) is 0 Å². The van der Waals surface area contributed by atoms with Crippen molar-refractivity contribution in [1.82, 2.24) is 15.1 Å². The van der Waals surface area contributed by atoms with Crippen LogP contribution < -0.4 is 11.1 Å². The lowest BCUT2D eigenvalue weighted by Gasteiger charge is -2.12. The standard InChI is InChI=1S/C12H20N4O/c1-3-10-9(6-16(2)15-10)11(17)14-8-12(7-13)4-5-12/h6H,3-5,7-8,13H2,1-2H3,(H,14,17). The summed E-state index contributed by atoms with van der Waals surface area (Å²) in [5.41, 5.74) is 7.39. The molecule has 1 amide bonds. The summed E-state index contributed by atoms with van der Waals surface area (Å²) < 4.78 is 1.68. The second kappa shape index (κ2) is 4.49. The molecular formula is C12H20N4O. The van der Waals surface area contributed by atoms with Crippen molar-refractivity contribution in [3.05, 3.63) is 17.5 Å². The Bertz CT molecular complexity index is 420. The lowest BCUT2D eigenvalue weighted by molar-refractivity contribution is 0.0944. The predicted molar refractivity (Wildman–Crippen MR) is 65.6 cm³/mol. The number of nitrogens with two attached hydrogens (primary N) is 1. The van der Waals surface area contributed by atoms with Crippen molar-refractivity contribution in [2.75, 3.05) is 13.1 Å². The minimum Gasteiger partial charge on any atom is -0.351 e. The molecule has 1 aromatic heterocycles. The predicted octanol–water partition coefficient (Wildman–Crippen LogP) is 0.451. The van der Waals surface area contributed by atoms with E-state index in [1.54, 1.807) is 10.9 Å². The molecule has 1 fully saturated rings. The first-order valence-electron chi connectivity index (χ1n) is 6.11. The van der Waals surface area contributed by atoms with Crippen LogP contribution in [0.5, 0.6) is 0 Å². The van der Waals surface area contributed by atoms with Crippen LogP contribution in [0.25, 0.3) is 0 Å². The number of amides is 1. The molecule has 1 heterocycles. The van der Waals surface area contributed by atoms with Gasteiger partial charge in [0, 0.05) is 25.2 Å². The van der Waals surface area contributed by atoms with Crippen molar-refractivity contribution >= 4 is 5.91 Å². The molecule has 0 unspecified atom stereocenters. The molecule has 17 heavy (non-hydrogen) atoms. The van der Waals surface area contributed by atoms with E-state index in [9.17, 15) is 4.79 Å². The summed E-state index contributed by atoms with van der Waals surface area (Å²) in [6.45, 7) is 3.34. The monoisotopic (exact) mass is 236 g/mol. The molecular weight excluding hydrogens is 216 g/mol. The van der Waals surface area contributed by atoms with Gasteiger partial charge in [-0.2, -0.15) is 5.10 Å². The van der Waals surface area contributed by atoms with Crippen LogP contribution in [0, 0.1) is 5.41 Å². The minimum absolute atomic E-state index is 0.0327. The van der Waals surface area contributed by atoms with Crippen molar-refractivity contribution < 1.29 is 4.79 Å². The van der Waals surface area contributed by atoms with Gasteiger partial charge in [0.05, 0.1) is 11.3 Å². The number of hydrogen-bond acceptors (Lipinski definition) is 3. The van der Waals surface area contributed by atoms with Crippen LogP contribution in [0.1, 0.15) is 35.8 Å². The number of carbonyl (C=O) groups is 1. The highest BCUT2D eigenvalue weighted by Gasteiger charge is 2.41. The van der Waals surface area contributed by atoms with Gasteiger partial charge >= 0.3 is 0 Å². The molecule has 5 heteroatoms. The lowest BCUT2D eigenvalue weighted by Crippen LogP contribution is -2.34. The average molecular weight is 236 g/mol. The topological polar surface area (TPSA) is 72.9 Å². The summed E-state index contributed by atoms with van der Waals surface area (Å²) in [7, 11) is 1.83. The maximum Gasteiger partial charge on any atom is 0.254 e. The van der Waals surface area contributed by atoms with E-state index in [0.29, 0.717) is 18.7 Å². The van der Waals surface area contributed by atoms with E-state index in [0.717, 1.165) is 25.0 Å². The summed E-state index contributed by atoms with van der Waals surface area (Å²) in [6, 6.07) is 0. The quantitative estimate of drug-likeness (QED) is 0.779. The van der Waals surface area contributed by atoms with Crippen LogP contribution >= 0.6 is 0 Å². The van der Waals surface area contributed by atoms with Crippen LogP contribution in [0.2, 0.25) is 0 Å². The molecule has 1 aliphatic carbocycles. The van der Waals surface area contributed by atoms with Crippen molar-refractivity contribution in [1.29, 1.82) is 0 Å². The molecule has 1 aromatic rings. The van der Waals surface area contributed by atoms with Gasteiger partial charge in [-0.05, 0) is 25.8 Å². The fourth-order valence-corrected chi connectivity index (χ4v) is 1.98. The van der Waals surface area contributed by atoms with Crippen LogP contribution in [0.4, 0.5) is 0 Å². The second-order valence-corrected chi connectivity index (χ2v) is 4.90. The second-order valence-electron chi connectivity index (χ2n) is 4.90. The van der Waals surface area contributed by atoms with Crippen LogP contribution in [0.3, 0.4) is 0 Å². The first kappa shape index (κ1) is 12.1. The van der Waals surface area contributed by atoms with E-state index in [1.807, 2.05) is 14.0 Å². The number of hydrogen-bond donors (Lipinski definition) is 2. The molecule has 0 spiro atoms. The third kappa shape index (κ3) is 2.49. The number of carbonyl (C=O) groups excluding carboxylic acids is 1. The minimum atomic E-state index is -0.0327. The number of nitrogens with one attached hydrogen (secondary N) is 1. The molecule has 0 radical (unpaired) electrons. The number of rotatable bonds is 5. The Morgan fingerprint density at radius 1 is 1.65 bits per heavy atom. The molecule has 0 aliphatic heterocycles. The first-order chi connectivity index (χ1) is 8.10. The SMILES string of the molecule is CCc1nn(C)cc1C(=O)NCC1(CN)CC1.